The standard InChI is InChI=1S/C21H16FN3O5/c1-2-29-21(26)18-17(12-5-3-7-14(22)9-12)16(11-23)20(24)30-19(18)13-6-4-8-15(10-13)25(27)28/h3-10,17H,2,24H2,1H3. The highest BCUT2D eigenvalue weighted by molar-refractivity contribution is 6.00. The van der Waals surface area contributed by atoms with Crippen LogP contribution in [-0.4, -0.2) is 17.5 Å². The van der Waals surface area contributed by atoms with Crippen molar-refractivity contribution in [2.24, 2.45) is 5.73 Å². The maximum atomic E-state index is 13.9. The van der Waals surface area contributed by atoms with Gasteiger partial charge in [0.1, 0.15) is 23.2 Å². The first-order valence-electron chi connectivity index (χ1n) is 8.86. The molecule has 1 atom stereocenters. The smallest absolute Gasteiger partial charge is 0.338 e. The molecule has 2 aromatic rings. The van der Waals surface area contributed by atoms with E-state index < -0.39 is 22.6 Å². The number of esters is 1. The quantitative estimate of drug-likeness (QED) is 0.454. The lowest BCUT2D eigenvalue weighted by molar-refractivity contribution is -0.384. The number of nitriles is 1. The van der Waals surface area contributed by atoms with Crippen molar-refractivity contribution in [3.63, 3.8) is 0 Å². The van der Waals surface area contributed by atoms with Crippen molar-refractivity contribution < 1.29 is 23.6 Å². The summed E-state index contributed by atoms with van der Waals surface area (Å²) in [5.41, 5.74) is 5.97. The molecular formula is C21H16FN3O5. The van der Waals surface area contributed by atoms with Crippen molar-refractivity contribution in [1.29, 1.82) is 5.26 Å². The molecule has 2 aromatic carbocycles. The third-order valence-electron chi connectivity index (χ3n) is 4.42. The third-order valence-corrected chi connectivity index (χ3v) is 4.42. The minimum atomic E-state index is -1.08. The summed E-state index contributed by atoms with van der Waals surface area (Å²) in [5.74, 6) is -2.85. The molecule has 30 heavy (non-hydrogen) atoms. The summed E-state index contributed by atoms with van der Waals surface area (Å²) in [6, 6.07) is 12.7. The number of hydrogen-bond acceptors (Lipinski definition) is 7. The van der Waals surface area contributed by atoms with Crippen LogP contribution in [0.5, 0.6) is 0 Å². The summed E-state index contributed by atoms with van der Waals surface area (Å²) < 4.78 is 24.6. The highest BCUT2D eigenvalue weighted by Gasteiger charge is 2.38. The number of nitrogens with zero attached hydrogens (tertiary/aromatic N) is 2. The molecule has 0 amide bonds. The second kappa shape index (κ2) is 8.45. The summed E-state index contributed by atoms with van der Waals surface area (Å²) in [6.07, 6.45) is 0. The van der Waals surface area contributed by atoms with Crippen LogP contribution in [0, 0.1) is 27.3 Å². The Morgan fingerprint density at radius 3 is 2.70 bits per heavy atom. The molecule has 0 fully saturated rings. The topological polar surface area (TPSA) is 128 Å². The second-order valence-electron chi connectivity index (χ2n) is 6.25. The van der Waals surface area contributed by atoms with Crippen molar-refractivity contribution in [1.82, 2.24) is 0 Å². The molecular weight excluding hydrogens is 393 g/mol. The Labute approximate surface area is 170 Å². The van der Waals surface area contributed by atoms with Gasteiger partial charge >= 0.3 is 5.97 Å². The van der Waals surface area contributed by atoms with E-state index in [4.69, 9.17) is 15.2 Å². The highest BCUT2D eigenvalue weighted by atomic mass is 19.1. The fourth-order valence-electron chi connectivity index (χ4n) is 3.17. The Bertz CT molecular complexity index is 1130. The summed E-state index contributed by atoms with van der Waals surface area (Å²) in [6.45, 7) is 1.63. The molecule has 0 saturated carbocycles. The van der Waals surface area contributed by atoms with Crippen LogP contribution in [0.4, 0.5) is 10.1 Å². The molecule has 1 unspecified atom stereocenters. The number of rotatable bonds is 5. The Kier molecular flexibility index (Phi) is 5.78. The van der Waals surface area contributed by atoms with Gasteiger partial charge in [0.25, 0.3) is 5.69 Å². The van der Waals surface area contributed by atoms with E-state index in [0.29, 0.717) is 0 Å². The molecule has 0 saturated heterocycles. The van der Waals surface area contributed by atoms with Gasteiger partial charge in [-0.2, -0.15) is 5.26 Å². The lowest BCUT2D eigenvalue weighted by Gasteiger charge is -2.28. The van der Waals surface area contributed by atoms with Crippen molar-refractivity contribution in [3.05, 3.63) is 92.6 Å². The number of carbonyl (C=O) groups excluding carboxylic acids is 1. The fourth-order valence-corrected chi connectivity index (χ4v) is 3.17. The molecule has 1 heterocycles. The summed E-state index contributed by atoms with van der Waals surface area (Å²) in [7, 11) is 0. The summed E-state index contributed by atoms with van der Waals surface area (Å²) in [5, 5.41) is 20.8. The van der Waals surface area contributed by atoms with Gasteiger partial charge in [0.2, 0.25) is 5.88 Å². The largest absolute Gasteiger partial charge is 0.463 e. The maximum Gasteiger partial charge on any atom is 0.338 e. The average molecular weight is 409 g/mol. The van der Waals surface area contributed by atoms with Gasteiger partial charge in [-0.3, -0.25) is 10.1 Å². The number of halogens is 1. The minimum absolute atomic E-state index is 0.0293. The molecule has 2 N–H and O–H groups in total. The number of carbonyl (C=O) groups is 1. The Hall–Kier alpha value is -4.19. The molecule has 0 bridgehead atoms. The Morgan fingerprint density at radius 1 is 1.33 bits per heavy atom. The van der Waals surface area contributed by atoms with Crippen LogP contribution in [0.3, 0.4) is 0 Å². The Morgan fingerprint density at radius 2 is 2.07 bits per heavy atom. The molecule has 9 heteroatoms. The van der Waals surface area contributed by atoms with E-state index in [1.165, 1.54) is 48.5 Å². The maximum absolute atomic E-state index is 13.9. The number of nitro groups is 1. The van der Waals surface area contributed by atoms with Crippen LogP contribution in [0.2, 0.25) is 0 Å². The molecule has 8 nitrogen and oxygen atoms in total. The van der Waals surface area contributed by atoms with E-state index in [1.54, 1.807) is 6.92 Å². The average Bonchev–Trinajstić information content (AvgIpc) is 2.73. The molecule has 1 aliphatic rings. The minimum Gasteiger partial charge on any atom is -0.463 e. The van der Waals surface area contributed by atoms with E-state index in [0.717, 1.165) is 0 Å². The normalized spacial score (nSPS) is 16.0. The number of nitro benzene ring substituents is 1. The second-order valence-corrected chi connectivity index (χ2v) is 6.25. The number of allylic oxidation sites excluding steroid dienone is 1. The fraction of sp³-hybridized carbons (Fsp3) is 0.143. The van der Waals surface area contributed by atoms with Gasteiger partial charge in [-0.25, -0.2) is 9.18 Å². The summed E-state index contributed by atoms with van der Waals surface area (Å²) >= 11 is 0. The molecule has 152 valence electrons. The first-order chi connectivity index (χ1) is 14.4. The molecule has 3 rings (SSSR count). The van der Waals surface area contributed by atoms with Crippen molar-refractivity contribution in [2.75, 3.05) is 6.61 Å². The van der Waals surface area contributed by atoms with Crippen LogP contribution < -0.4 is 5.73 Å². The Balaban J connectivity index is 2.31. The number of benzene rings is 2. The lowest BCUT2D eigenvalue weighted by Crippen LogP contribution is -2.26. The van der Waals surface area contributed by atoms with E-state index in [9.17, 15) is 24.6 Å². The van der Waals surface area contributed by atoms with Gasteiger partial charge in [0, 0.05) is 17.7 Å². The van der Waals surface area contributed by atoms with Gasteiger partial charge < -0.3 is 15.2 Å². The SMILES string of the molecule is CCOC(=O)C1=C(c2cccc([N+](=O)[O-])c2)OC(N)=C(C#N)C1c1cccc(F)c1. The lowest BCUT2D eigenvalue weighted by atomic mass is 9.82. The zero-order chi connectivity index (χ0) is 21.8. The zero-order valence-corrected chi connectivity index (χ0v) is 15.8. The van der Waals surface area contributed by atoms with Crippen LogP contribution in [0.1, 0.15) is 24.0 Å². The van der Waals surface area contributed by atoms with E-state index in [1.807, 2.05) is 6.07 Å². The van der Waals surface area contributed by atoms with Gasteiger partial charge in [-0.1, -0.05) is 24.3 Å². The first-order valence-corrected chi connectivity index (χ1v) is 8.86. The number of ether oxygens (including phenoxy) is 2. The van der Waals surface area contributed by atoms with Crippen molar-refractivity contribution >= 4 is 17.4 Å². The molecule has 1 aliphatic heterocycles. The first kappa shape index (κ1) is 20.5. The zero-order valence-electron chi connectivity index (χ0n) is 15.8. The number of hydrogen-bond donors (Lipinski definition) is 1. The predicted octanol–water partition coefficient (Wildman–Crippen LogP) is 3.52. The van der Waals surface area contributed by atoms with Gasteiger partial charge in [-0.05, 0) is 24.6 Å². The summed E-state index contributed by atoms with van der Waals surface area (Å²) in [4.78, 5) is 23.5. The van der Waals surface area contributed by atoms with Crippen LogP contribution in [-0.2, 0) is 14.3 Å². The highest BCUT2D eigenvalue weighted by Crippen LogP contribution is 2.43. The monoisotopic (exact) mass is 409 g/mol. The van der Waals surface area contributed by atoms with Crippen LogP contribution in [0.15, 0.2) is 65.6 Å². The van der Waals surface area contributed by atoms with Gasteiger partial charge in [0.15, 0.2) is 0 Å². The van der Waals surface area contributed by atoms with Crippen molar-refractivity contribution in [2.45, 2.75) is 12.8 Å². The number of non-ortho nitro benzene ring substituents is 1. The predicted molar refractivity (Wildman–Crippen MR) is 104 cm³/mol. The number of nitrogens with two attached hydrogens (primary N) is 1. The van der Waals surface area contributed by atoms with Crippen LogP contribution in [0.25, 0.3) is 5.76 Å². The van der Waals surface area contributed by atoms with E-state index >= 15 is 0 Å². The molecule has 0 aromatic heterocycles. The third kappa shape index (κ3) is 3.84. The molecule has 0 spiro atoms. The van der Waals surface area contributed by atoms with E-state index in [-0.39, 0.29) is 46.2 Å². The van der Waals surface area contributed by atoms with E-state index in [2.05, 4.69) is 0 Å². The van der Waals surface area contributed by atoms with Gasteiger partial charge in [-0.15, -0.1) is 0 Å². The molecule has 0 aliphatic carbocycles. The van der Waals surface area contributed by atoms with Crippen molar-refractivity contribution in [3.8, 4) is 6.07 Å². The van der Waals surface area contributed by atoms with Crippen LogP contribution >= 0.6 is 0 Å². The molecule has 0 radical (unpaired) electrons. The van der Waals surface area contributed by atoms with Gasteiger partial charge in [0.05, 0.1) is 23.0 Å².